The zero-order chi connectivity index (χ0) is 13.4. The first-order valence-corrected chi connectivity index (χ1v) is 6.28. The highest BCUT2D eigenvalue weighted by molar-refractivity contribution is 5.91. The molecule has 0 bridgehead atoms. The molecule has 18 heavy (non-hydrogen) atoms. The zero-order valence-corrected chi connectivity index (χ0v) is 11.4. The van der Waals surface area contributed by atoms with E-state index >= 15 is 0 Å². The van der Waals surface area contributed by atoms with Crippen molar-refractivity contribution in [2.24, 2.45) is 0 Å². The Kier molecular flexibility index (Phi) is 5.92. The molecule has 0 spiro atoms. The summed E-state index contributed by atoms with van der Waals surface area (Å²) in [5.41, 5.74) is 3.51. The van der Waals surface area contributed by atoms with Crippen LogP contribution in [-0.2, 0) is 4.79 Å². The predicted octanol–water partition coefficient (Wildman–Crippen LogP) is 3.40. The van der Waals surface area contributed by atoms with Crippen molar-refractivity contribution < 1.29 is 4.79 Å². The fourth-order valence-corrected chi connectivity index (χ4v) is 1.68. The van der Waals surface area contributed by atoms with E-state index in [0.717, 1.165) is 12.0 Å². The molecule has 1 aromatic carbocycles. The van der Waals surface area contributed by atoms with Crippen LogP contribution in [0.1, 0.15) is 30.0 Å². The number of nitrogens with one attached hydrogen (secondary N) is 1. The number of hydrogen-bond donors (Lipinski definition) is 1. The average Bonchev–Trinajstić information content (AvgIpc) is 2.33. The highest BCUT2D eigenvalue weighted by Crippen LogP contribution is 2.11. The standard InChI is InChI=1S/C16H21NO/c1-4-5-6-11-17-16(18)10-9-15-8-7-13(2)12-14(15)3/h4-5,7-10,12H,6,11H2,1-3H3,(H,17,18)/b5-4+,10-9+. The average molecular weight is 243 g/mol. The topological polar surface area (TPSA) is 29.1 Å². The van der Waals surface area contributed by atoms with Crippen molar-refractivity contribution in [3.8, 4) is 0 Å². The van der Waals surface area contributed by atoms with E-state index in [1.807, 2.05) is 31.2 Å². The highest BCUT2D eigenvalue weighted by atomic mass is 16.1. The van der Waals surface area contributed by atoms with Gasteiger partial charge in [0, 0.05) is 12.6 Å². The minimum Gasteiger partial charge on any atom is -0.352 e. The van der Waals surface area contributed by atoms with Gasteiger partial charge < -0.3 is 5.32 Å². The van der Waals surface area contributed by atoms with Gasteiger partial charge in [-0.2, -0.15) is 0 Å². The summed E-state index contributed by atoms with van der Waals surface area (Å²) in [6, 6.07) is 6.20. The molecular weight excluding hydrogens is 222 g/mol. The molecule has 1 aromatic rings. The lowest BCUT2D eigenvalue weighted by Crippen LogP contribution is -2.21. The lowest BCUT2D eigenvalue weighted by atomic mass is 10.1. The van der Waals surface area contributed by atoms with Crippen LogP contribution in [0.15, 0.2) is 36.4 Å². The van der Waals surface area contributed by atoms with E-state index in [-0.39, 0.29) is 5.91 Å². The summed E-state index contributed by atoms with van der Waals surface area (Å²) in [7, 11) is 0. The zero-order valence-electron chi connectivity index (χ0n) is 11.4. The third kappa shape index (κ3) is 5.00. The van der Waals surface area contributed by atoms with Gasteiger partial charge in [-0.15, -0.1) is 0 Å². The lowest BCUT2D eigenvalue weighted by molar-refractivity contribution is -0.116. The van der Waals surface area contributed by atoms with E-state index in [1.165, 1.54) is 11.1 Å². The SMILES string of the molecule is C/C=C/CCNC(=O)/C=C/c1ccc(C)cc1C. The minimum atomic E-state index is -0.0421. The van der Waals surface area contributed by atoms with Crippen molar-refractivity contribution in [3.05, 3.63) is 53.1 Å². The molecule has 1 rings (SSSR count). The molecule has 0 heterocycles. The molecule has 0 aliphatic carbocycles. The Bertz CT molecular complexity index is 458. The van der Waals surface area contributed by atoms with Crippen LogP contribution in [0.5, 0.6) is 0 Å². The Labute approximate surface area is 109 Å². The largest absolute Gasteiger partial charge is 0.352 e. The van der Waals surface area contributed by atoms with E-state index in [9.17, 15) is 4.79 Å². The van der Waals surface area contributed by atoms with Crippen molar-refractivity contribution in [2.75, 3.05) is 6.54 Å². The van der Waals surface area contributed by atoms with E-state index in [0.29, 0.717) is 6.54 Å². The molecule has 0 saturated heterocycles. The maximum Gasteiger partial charge on any atom is 0.244 e. The van der Waals surface area contributed by atoms with Crippen LogP contribution in [0.4, 0.5) is 0 Å². The number of hydrogen-bond acceptors (Lipinski definition) is 1. The molecule has 0 saturated carbocycles. The quantitative estimate of drug-likeness (QED) is 0.479. The van der Waals surface area contributed by atoms with Crippen molar-refractivity contribution in [3.63, 3.8) is 0 Å². The monoisotopic (exact) mass is 243 g/mol. The predicted molar refractivity (Wildman–Crippen MR) is 77.4 cm³/mol. The summed E-state index contributed by atoms with van der Waals surface area (Å²) in [5, 5.41) is 2.84. The van der Waals surface area contributed by atoms with Crippen LogP contribution in [0.2, 0.25) is 0 Å². The maximum atomic E-state index is 11.5. The van der Waals surface area contributed by atoms with Crippen molar-refractivity contribution in [1.29, 1.82) is 0 Å². The van der Waals surface area contributed by atoms with Gasteiger partial charge in [0.2, 0.25) is 5.91 Å². The Morgan fingerprint density at radius 2 is 2.11 bits per heavy atom. The third-order valence-electron chi connectivity index (χ3n) is 2.69. The molecule has 1 amide bonds. The number of rotatable bonds is 5. The van der Waals surface area contributed by atoms with Gasteiger partial charge >= 0.3 is 0 Å². The van der Waals surface area contributed by atoms with E-state index in [2.05, 4.69) is 31.3 Å². The molecule has 0 aromatic heterocycles. The molecule has 0 radical (unpaired) electrons. The summed E-state index contributed by atoms with van der Waals surface area (Å²) < 4.78 is 0. The van der Waals surface area contributed by atoms with Gasteiger partial charge in [0.15, 0.2) is 0 Å². The van der Waals surface area contributed by atoms with Gasteiger partial charge in [0.05, 0.1) is 0 Å². The molecule has 96 valence electrons. The number of carbonyl (C=O) groups is 1. The Morgan fingerprint density at radius 1 is 1.33 bits per heavy atom. The molecule has 2 nitrogen and oxygen atoms in total. The second-order valence-corrected chi connectivity index (χ2v) is 4.34. The molecular formula is C16H21NO. The number of benzene rings is 1. The van der Waals surface area contributed by atoms with E-state index < -0.39 is 0 Å². The molecule has 0 aliphatic rings. The van der Waals surface area contributed by atoms with E-state index in [1.54, 1.807) is 6.08 Å². The number of allylic oxidation sites excluding steroid dienone is 1. The highest BCUT2D eigenvalue weighted by Gasteiger charge is 1.96. The van der Waals surface area contributed by atoms with Gasteiger partial charge in [0.25, 0.3) is 0 Å². The fourth-order valence-electron chi connectivity index (χ4n) is 1.68. The van der Waals surface area contributed by atoms with Gasteiger partial charge in [-0.25, -0.2) is 0 Å². The minimum absolute atomic E-state index is 0.0421. The normalized spacial score (nSPS) is 11.3. The molecule has 0 aliphatic heterocycles. The number of amides is 1. The summed E-state index contributed by atoms with van der Waals surface area (Å²) in [6.07, 6.45) is 8.35. The first-order chi connectivity index (χ1) is 8.63. The first-order valence-electron chi connectivity index (χ1n) is 6.28. The lowest BCUT2D eigenvalue weighted by Gasteiger charge is -2.02. The fraction of sp³-hybridized carbons (Fsp3) is 0.312. The number of carbonyl (C=O) groups excluding carboxylic acids is 1. The smallest absolute Gasteiger partial charge is 0.244 e. The van der Waals surface area contributed by atoms with Gasteiger partial charge in [-0.05, 0) is 44.4 Å². The number of aryl methyl sites for hydroxylation is 2. The first kappa shape index (κ1) is 14.2. The second-order valence-electron chi connectivity index (χ2n) is 4.34. The van der Waals surface area contributed by atoms with Crippen molar-refractivity contribution in [2.45, 2.75) is 27.2 Å². The van der Waals surface area contributed by atoms with Gasteiger partial charge in [-0.1, -0.05) is 35.9 Å². The van der Waals surface area contributed by atoms with Gasteiger partial charge in [-0.3, -0.25) is 4.79 Å². The summed E-state index contributed by atoms with van der Waals surface area (Å²) >= 11 is 0. The van der Waals surface area contributed by atoms with Crippen LogP contribution in [-0.4, -0.2) is 12.5 Å². The Hall–Kier alpha value is -1.83. The molecule has 0 atom stereocenters. The summed E-state index contributed by atoms with van der Waals surface area (Å²) in [5.74, 6) is -0.0421. The molecule has 0 fully saturated rings. The van der Waals surface area contributed by atoms with Crippen LogP contribution in [0.25, 0.3) is 6.08 Å². The van der Waals surface area contributed by atoms with Crippen molar-refractivity contribution in [1.82, 2.24) is 5.32 Å². The second kappa shape index (κ2) is 7.49. The summed E-state index contributed by atoms with van der Waals surface area (Å²) in [4.78, 5) is 11.5. The van der Waals surface area contributed by atoms with Crippen LogP contribution in [0.3, 0.4) is 0 Å². The van der Waals surface area contributed by atoms with Crippen LogP contribution >= 0.6 is 0 Å². The van der Waals surface area contributed by atoms with Crippen LogP contribution < -0.4 is 5.32 Å². The molecule has 1 N–H and O–H groups in total. The summed E-state index contributed by atoms with van der Waals surface area (Å²) in [6.45, 7) is 6.77. The maximum absolute atomic E-state index is 11.5. The van der Waals surface area contributed by atoms with Gasteiger partial charge in [0.1, 0.15) is 0 Å². The van der Waals surface area contributed by atoms with Crippen LogP contribution in [0, 0.1) is 13.8 Å². The van der Waals surface area contributed by atoms with Crippen molar-refractivity contribution >= 4 is 12.0 Å². The Balaban J connectivity index is 2.50. The molecule has 0 unspecified atom stereocenters. The third-order valence-corrected chi connectivity index (χ3v) is 2.69. The van der Waals surface area contributed by atoms with E-state index in [4.69, 9.17) is 0 Å². The molecule has 2 heteroatoms. The Morgan fingerprint density at radius 3 is 2.78 bits per heavy atom.